The number of hydrogen-bond acceptors (Lipinski definition) is 2. The van der Waals surface area contributed by atoms with Crippen molar-refractivity contribution in [2.24, 2.45) is 0 Å². The second-order valence-electron chi connectivity index (χ2n) is 5.94. The molecule has 0 saturated carbocycles. The van der Waals surface area contributed by atoms with E-state index in [2.05, 4.69) is 36.5 Å². The van der Waals surface area contributed by atoms with Crippen LogP contribution in [-0.4, -0.2) is 12.5 Å². The Balaban J connectivity index is 0.00000288. The first-order valence-electron chi connectivity index (χ1n) is 8.36. The van der Waals surface area contributed by atoms with E-state index >= 15 is 0 Å². The van der Waals surface area contributed by atoms with Gasteiger partial charge in [-0.15, -0.1) is 12.4 Å². The zero-order valence-corrected chi connectivity index (χ0v) is 15.1. The molecule has 0 atom stereocenters. The molecule has 2 aromatic rings. The van der Waals surface area contributed by atoms with Crippen molar-refractivity contribution >= 4 is 24.0 Å². The summed E-state index contributed by atoms with van der Waals surface area (Å²) in [6, 6.07) is 16.1. The number of benzene rings is 2. The van der Waals surface area contributed by atoms with Gasteiger partial charge in [0, 0.05) is 12.2 Å². The summed E-state index contributed by atoms with van der Waals surface area (Å²) < 4.78 is 0. The summed E-state index contributed by atoms with van der Waals surface area (Å²) in [7, 11) is 0. The molecule has 1 amide bonds. The molecule has 24 heavy (non-hydrogen) atoms. The fraction of sp³-hybridized carbons (Fsp3) is 0.350. The molecule has 0 aliphatic rings. The second-order valence-corrected chi connectivity index (χ2v) is 5.94. The van der Waals surface area contributed by atoms with Gasteiger partial charge < -0.3 is 11.1 Å². The first kappa shape index (κ1) is 20.0. The first-order valence-corrected chi connectivity index (χ1v) is 8.36. The second kappa shape index (κ2) is 10.7. The van der Waals surface area contributed by atoms with Crippen LogP contribution in [0, 0.1) is 0 Å². The van der Waals surface area contributed by atoms with Crippen molar-refractivity contribution in [3.8, 4) is 0 Å². The maximum absolute atomic E-state index is 12.0. The third kappa shape index (κ3) is 7.05. The first-order chi connectivity index (χ1) is 11.2. The molecule has 3 N–H and O–H groups in total. The van der Waals surface area contributed by atoms with Gasteiger partial charge in [0.05, 0.1) is 6.42 Å². The Morgan fingerprint density at radius 3 is 2.08 bits per heavy atom. The van der Waals surface area contributed by atoms with Gasteiger partial charge in [0.15, 0.2) is 0 Å². The lowest BCUT2D eigenvalue weighted by Crippen LogP contribution is -2.27. The molecule has 0 aliphatic carbocycles. The fourth-order valence-electron chi connectivity index (χ4n) is 2.48. The minimum Gasteiger partial charge on any atom is -0.399 e. The number of halogens is 1. The van der Waals surface area contributed by atoms with E-state index in [1.54, 1.807) is 0 Å². The lowest BCUT2D eigenvalue weighted by atomic mass is 10.0. The van der Waals surface area contributed by atoms with Crippen molar-refractivity contribution in [2.75, 3.05) is 12.3 Å². The number of rotatable bonds is 8. The third-order valence-corrected chi connectivity index (χ3v) is 3.92. The average molecular weight is 347 g/mol. The number of carbonyl (C=O) groups excluding carboxylic acids is 1. The highest BCUT2D eigenvalue weighted by Crippen LogP contribution is 2.09. The van der Waals surface area contributed by atoms with E-state index in [4.69, 9.17) is 5.73 Å². The Kier molecular flexibility index (Phi) is 8.95. The van der Waals surface area contributed by atoms with E-state index in [0.29, 0.717) is 13.0 Å². The van der Waals surface area contributed by atoms with E-state index in [1.165, 1.54) is 24.0 Å². The Morgan fingerprint density at radius 2 is 1.46 bits per heavy atom. The Bertz CT molecular complexity index is 609. The highest BCUT2D eigenvalue weighted by molar-refractivity contribution is 5.85. The summed E-state index contributed by atoms with van der Waals surface area (Å²) in [6.45, 7) is 2.85. The van der Waals surface area contributed by atoms with E-state index in [0.717, 1.165) is 24.1 Å². The van der Waals surface area contributed by atoms with Crippen LogP contribution >= 0.6 is 12.4 Å². The molecule has 3 nitrogen and oxygen atoms in total. The van der Waals surface area contributed by atoms with Gasteiger partial charge in [0.25, 0.3) is 0 Å². The molecule has 0 saturated heterocycles. The molecule has 0 unspecified atom stereocenters. The Morgan fingerprint density at radius 1 is 0.917 bits per heavy atom. The molecule has 0 spiro atoms. The quantitative estimate of drug-likeness (QED) is 0.711. The van der Waals surface area contributed by atoms with Crippen LogP contribution in [0.25, 0.3) is 0 Å². The van der Waals surface area contributed by atoms with Gasteiger partial charge in [0.1, 0.15) is 0 Å². The van der Waals surface area contributed by atoms with Gasteiger partial charge in [-0.1, -0.05) is 49.7 Å². The fourth-order valence-corrected chi connectivity index (χ4v) is 2.48. The monoisotopic (exact) mass is 346 g/mol. The predicted molar refractivity (Wildman–Crippen MR) is 104 cm³/mol. The van der Waals surface area contributed by atoms with E-state index < -0.39 is 0 Å². The smallest absolute Gasteiger partial charge is 0.224 e. The SMILES string of the molecule is CCCCc1ccc(CC(=O)NCCc2ccc(N)cc2)cc1.Cl. The van der Waals surface area contributed by atoms with Gasteiger partial charge in [-0.2, -0.15) is 0 Å². The Labute approximate surface area is 151 Å². The van der Waals surface area contributed by atoms with Crippen LogP contribution in [0.3, 0.4) is 0 Å². The van der Waals surface area contributed by atoms with E-state index in [9.17, 15) is 4.79 Å². The molecule has 0 radical (unpaired) electrons. The molecule has 0 heterocycles. The summed E-state index contributed by atoms with van der Waals surface area (Å²) >= 11 is 0. The molecule has 2 aromatic carbocycles. The van der Waals surface area contributed by atoms with E-state index in [-0.39, 0.29) is 18.3 Å². The summed E-state index contributed by atoms with van der Waals surface area (Å²) in [5, 5.41) is 2.97. The molecule has 2 rings (SSSR count). The van der Waals surface area contributed by atoms with Crippen LogP contribution in [0.15, 0.2) is 48.5 Å². The van der Waals surface area contributed by atoms with Gasteiger partial charge in [-0.3, -0.25) is 4.79 Å². The number of carbonyl (C=O) groups is 1. The van der Waals surface area contributed by atoms with Gasteiger partial charge in [-0.25, -0.2) is 0 Å². The number of hydrogen-bond donors (Lipinski definition) is 2. The summed E-state index contributed by atoms with van der Waals surface area (Å²) in [5.74, 6) is 0.0711. The standard InChI is InChI=1S/C20H26N2O.ClH/c1-2-3-4-16-5-7-18(8-6-16)15-20(23)22-14-13-17-9-11-19(21)12-10-17;/h5-12H,2-4,13-15,21H2,1H3,(H,22,23);1H. The van der Waals surface area contributed by atoms with E-state index in [1.807, 2.05) is 24.3 Å². The molecule has 130 valence electrons. The number of unbranched alkanes of at least 4 members (excludes halogenated alkanes) is 1. The van der Waals surface area contributed by atoms with Crippen LogP contribution in [0.4, 0.5) is 5.69 Å². The highest BCUT2D eigenvalue weighted by atomic mass is 35.5. The van der Waals surface area contributed by atoms with Crippen molar-refractivity contribution in [1.82, 2.24) is 5.32 Å². The zero-order chi connectivity index (χ0) is 16.5. The predicted octanol–water partition coefficient (Wildman–Crippen LogP) is 3.93. The number of nitrogens with two attached hydrogens (primary N) is 1. The lowest BCUT2D eigenvalue weighted by Gasteiger charge is -2.07. The summed E-state index contributed by atoms with van der Waals surface area (Å²) in [6.07, 6.45) is 4.80. The van der Waals surface area contributed by atoms with Crippen molar-refractivity contribution < 1.29 is 4.79 Å². The summed E-state index contributed by atoms with van der Waals surface area (Å²) in [4.78, 5) is 12.0. The van der Waals surface area contributed by atoms with Crippen molar-refractivity contribution in [3.63, 3.8) is 0 Å². The topological polar surface area (TPSA) is 55.1 Å². The molecule has 0 fully saturated rings. The number of amides is 1. The molecule has 0 aromatic heterocycles. The van der Waals surface area contributed by atoms with Crippen LogP contribution in [0.5, 0.6) is 0 Å². The molecule has 4 heteroatoms. The highest BCUT2D eigenvalue weighted by Gasteiger charge is 2.03. The van der Waals surface area contributed by atoms with Crippen molar-refractivity contribution in [1.29, 1.82) is 0 Å². The zero-order valence-electron chi connectivity index (χ0n) is 14.3. The maximum atomic E-state index is 12.0. The van der Waals surface area contributed by atoms with Crippen LogP contribution in [0.1, 0.15) is 36.5 Å². The average Bonchev–Trinajstić information content (AvgIpc) is 2.56. The van der Waals surface area contributed by atoms with Gasteiger partial charge in [-0.05, 0) is 48.1 Å². The minimum absolute atomic E-state index is 0. The van der Waals surface area contributed by atoms with Gasteiger partial charge >= 0.3 is 0 Å². The number of anilines is 1. The largest absolute Gasteiger partial charge is 0.399 e. The molecule has 0 aliphatic heterocycles. The normalized spacial score (nSPS) is 10.0. The van der Waals surface area contributed by atoms with Crippen molar-refractivity contribution in [3.05, 3.63) is 65.2 Å². The summed E-state index contributed by atoms with van der Waals surface area (Å²) in [5.41, 5.74) is 10.0. The van der Waals surface area contributed by atoms with Crippen LogP contribution < -0.4 is 11.1 Å². The molecular weight excluding hydrogens is 320 g/mol. The number of nitrogen functional groups attached to an aromatic ring is 1. The number of nitrogens with one attached hydrogen (secondary N) is 1. The molecular formula is C20H27ClN2O. The molecule has 0 bridgehead atoms. The lowest BCUT2D eigenvalue weighted by molar-refractivity contribution is -0.120. The third-order valence-electron chi connectivity index (χ3n) is 3.92. The van der Waals surface area contributed by atoms with Crippen LogP contribution in [-0.2, 0) is 24.1 Å². The van der Waals surface area contributed by atoms with Crippen molar-refractivity contribution in [2.45, 2.75) is 39.0 Å². The van der Waals surface area contributed by atoms with Crippen LogP contribution in [0.2, 0.25) is 0 Å². The number of aryl methyl sites for hydroxylation is 1. The Hall–Kier alpha value is -2.00. The van der Waals surface area contributed by atoms with Gasteiger partial charge in [0.2, 0.25) is 5.91 Å². The minimum atomic E-state index is 0. The maximum Gasteiger partial charge on any atom is 0.224 e.